The first-order valence-corrected chi connectivity index (χ1v) is 7.11. The van der Waals surface area contributed by atoms with E-state index in [9.17, 15) is 8.78 Å². The zero-order chi connectivity index (χ0) is 13.1. The van der Waals surface area contributed by atoms with Crippen LogP contribution < -0.4 is 0 Å². The van der Waals surface area contributed by atoms with E-state index in [1.54, 1.807) is 24.3 Å². The molecule has 4 heteroatoms. The van der Waals surface area contributed by atoms with E-state index >= 15 is 0 Å². The van der Waals surface area contributed by atoms with Crippen molar-refractivity contribution in [3.05, 3.63) is 69.7 Å². The van der Waals surface area contributed by atoms with Crippen LogP contribution in [0.5, 0.6) is 0 Å². The van der Waals surface area contributed by atoms with Crippen LogP contribution in [-0.4, -0.2) is 0 Å². The second-order valence-electron chi connectivity index (χ2n) is 3.93. The maximum absolute atomic E-state index is 13.5. The highest BCUT2D eigenvalue weighted by Crippen LogP contribution is 2.33. The zero-order valence-corrected chi connectivity index (χ0v) is 12.5. The molecule has 2 rings (SSSR count). The van der Waals surface area contributed by atoms with Gasteiger partial charge in [0.25, 0.3) is 0 Å². The molecule has 2 aromatic rings. The molecule has 1 atom stereocenters. The predicted molar refractivity (Wildman–Crippen MR) is 75.9 cm³/mol. The van der Waals surface area contributed by atoms with Gasteiger partial charge in [-0.3, -0.25) is 0 Å². The number of hydrogen-bond acceptors (Lipinski definition) is 0. The Kier molecular flexibility index (Phi) is 4.51. The Hall–Kier alpha value is -0.740. The van der Waals surface area contributed by atoms with Gasteiger partial charge in [0.05, 0.1) is 0 Å². The maximum Gasteiger partial charge on any atom is 0.126 e. The molecule has 0 aliphatic carbocycles. The Balaban J connectivity index is 2.22. The van der Waals surface area contributed by atoms with Crippen LogP contribution in [0.3, 0.4) is 0 Å². The second-order valence-corrected chi connectivity index (χ2v) is 5.89. The van der Waals surface area contributed by atoms with E-state index in [-0.39, 0.29) is 16.5 Å². The molecule has 0 bridgehead atoms. The van der Waals surface area contributed by atoms with Gasteiger partial charge in [0, 0.05) is 9.30 Å². The molecule has 0 saturated carbocycles. The topological polar surface area (TPSA) is 0 Å². The van der Waals surface area contributed by atoms with Gasteiger partial charge in [-0.15, -0.1) is 0 Å². The highest BCUT2D eigenvalue weighted by atomic mass is 79.9. The average molecular weight is 376 g/mol. The third-order valence-corrected chi connectivity index (χ3v) is 4.16. The lowest BCUT2D eigenvalue weighted by Crippen LogP contribution is -1.99. The molecule has 0 N–H and O–H groups in total. The fourth-order valence-corrected chi connectivity index (χ4v) is 3.40. The summed E-state index contributed by atoms with van der Waals surface area (Å²) in [5.41, 5.74) is 1.54. The van der Waals surface area contributed by atoms with Crippen LogP contribution in [0.4, 0.5) is 8.78 Å². The molecule has 0 amide bonds. The molecule has 0 saturated heterocycles. The van der Waals surface area contributed by atoms with Crippen LogP contribution in [0.15, 0.2) is 46.9 Å². The van der Waals surface area contributed by atoms with Crippen molar-refractivity contribution in [1.82, 2.24) is 0 Å². The molecule has 94 valence electrons. The van der Waals surface area contributed by atoms with Gasteiger partial charge in [-0.2, -0.15) is 0 Å². The Bertz CT molecular complexity index is 555. The molecule has 0 fully saturated rings. The average Bonchev–Trinajstić information content (AvgIpc) is 2.32. The fourth-order valence-electron chi connectivity index (χ4n) is 1.72. The lowest BCUT2D eigenvalue weighted by Gasteiger charge is -2.13. The molecule has 2 aromatic carbocycles. The number of hydrogen-bond donors (Lipinski definition) is 0. The minimum Gasteiger partial charge on any atom is -0.207 e. The van der Waals surface area contributed by atoms with E-state index < -0.39 is 0 Å². The van der Waals surface area contributed by atoms with Crippen LogP contribution >= 0.6 is 31.9 Å². The second kappa shape index (κ2) is 5.93. The summed E-state index contributed by atoms with van der Waals surface area (Å²) in [5.74, 6) is -0.517. The summed E-state index contributed by atoms with van der Waals surface area (Å²) in [6, 6.07) is 11.2. The molecule has 0 nitrogen and oxygen atoms in total. The third kappa shape index (κ3) is 3.18. The van der Waals surface area contributed by atoms with Gasteiger partial charge in [-0.05, 0) is 35.7 Å². The summed E-state index contributed by atoms with van der Waals surface area (Å²) < 4.78 is 27.2. The largest absolute Gasteiger partial charge is 0.207 e. The van der Waals surface area contributed by atoms with Crippen molar-refractivity contribution >= 4 is 31.9 Å². The maximum atomic E-state index is 13.5. The molecule has 0 aliphatic heterocycles. The fraction of sp³-hybridized carbons (Fsp3) is 0.143. The zero-order valence-electron chi connectivity index (χ0n) is 9.34. The quantitative estimate of drug-likeness (QED) is 0.629. The van der Waals surface area contributed by atoms with Gasteiger partial charge in [-0.25, -0.2) is 8.78 Å². The van der Waals surface area contributed by atoms with Crippen molar-refractivity contribution < 1.29 is 8.78 Å². The summed E-state index contributed by atoms with van der Waals surface area (Å²) in [6.07, 6.45) is 0.511. The minimum absolute atomic E-state index is 0.0654. The van der Waals surface area contributed by atoms with E-state index in [0.717, 1.165) is 5.56 Å². The van der Waals surface area contributed by atoms with Gasteiger partial charge >= 0.3 is 0 Å². The monoisotopic (exact) mass is 374 g/mol. The number of rotatable bonds is 3. The molecule has 0 heterocycles. The van der Waals surface area contributed by atoms with Crippen molar-refractivity contribution in [2.45, 2.75) is 11.2 Å². The summed E-state index contributed by atoms with van der Waals surface area (Å²) in [4.78, 5) is -0.0654. The van der Waals surface area contributed by atoms with Crippen molar-refractivity contribution in [2.75, 3.05) is 0 Å². The van der Waals surface area contributed by atoms with Crippen LogP contribution in [0, 0.1) is 11.6 Å². The normalized spacial score (nSPS) is 12.4. The summed E-state index contributed by atoms with van der Waals surface area (Å²) in [5, 5.41) is 0. The Labute approximate surface area is 121 Å². The van der Waals surface area contributed by atoms with Gasteiger partial charge < -0.3 is 0 Å². The molecular formula is C14H10Br2F2. The van der Waals surface area contributed by atoms with Crippen LogP contribution in [0.25, 0.3) is 0 Å². The van der Waals surface area contributed by atoms with E-state index in [1.165, 1.54) is 18.2 Å². The van der Waals surface area contributed by atoms with Gasteiger partial charge in [0.1, 0.15) is 11.6 Å². The molecule has 0 aromatic heterocycles. The molecule has 1 unspecified atom stereocenters. The highest BCUT2D eigenvalue weighted by molar-refractivity contribution is 9.11. The van der Waals surface area contributed by atoms with Crippen LogP contribution in [0.2, 0.25) is 0 Å². The SMILES string of the molecule is Fc1ccc(C(Br)Cc2ccccc2F)c(Br)c1. The molecule has 18 heavy (non-hydrogen) atoms. The van der Waals surface area contributed by atoms with Crippen molar-refractivity contribution in [2.24, 2.45) is 0 Å². The molecular weight excluding hydrogens is 366 g/mol. The first-order valence-electron chi connectivity index (χ1n) is 5.40. The third-order valence-electron chi connectivity index (χ3n) is 2.66. The van der Waals surface area contributed by atoms with Crippen molar-refractivity contribution in [3.63, 3.8) is 0 Å². The first-order chi connectivity index (χ1) is 8.58. The smallest absolute Gasteiger partial charge is 0.126 e. The Morgan fingerprint density at radius 1 is 1.06 bits per heavy atom. The molecule has 0 radical (unpaired) electrons. The van der Waals surface area contributed by atoms with E-state index in [4.69, 9.17) is 0 Å². The van der Waals surface area contributed by atoms with Crippen molar-refractivity contribution in [1.29, 1.82) is 0 Å². The summed E-state index contributed by atoms with van der Waals surface area (Å²) >= 11 is 6.83. The minimum atomic E-state index is -0.295. The Morgan fingerprint density at radius 3 is 2.44 bits per heavy atom. The standard InChI is InChI=1S/C14H10Br2F2/c15-12(7-9-3-1-2-4-14(9)18)11-6-5-10(17)8-13(11)16/h1-6,8,12H,7H2. The first kappa shape index (κ1) is 13.7. The summed E-state index contributed by atoms with van der Waals surface area (Å²) in [6.45, 7) is 0. The predicted octanol–water partition coefficient (Wildman–Crippen LogP) is 5.41. The van der Waals surface area contributed by atoms with Crippen molar-refractivity contribution in [3.8, 4) is 0 Å². The number of halogens is 4. The van der Waals surface area contributed by atoms with Gasteiger partial charge in [0.2, 0.25) is 0 Å². The number of benzene rings is 2. The molecule has 0 spiro atoms. The lowest BCUT2D eigenvalue weighted by atomic mass is 10.0. The van der Waals surface area contributed by atoms with Gasteiger partial charge in [0.15, 0.2) is 0 Å². The Morgan fingerprint density at radius 2 is 1.78 bits per heavy atom. The highest BCUT2D eigenvalue weighted by Gasteiger charge is 2.14. The van der Waals surface area contributed by atoms with E-state index in [2.05, 4.69) is 31.9 Å². The van der Waals surface area contributed by atoms with Gasteiger partial charge in [-0.1, -0.05) is 56.1 Å². The molecule has 0 aliphatic rings. The van der Waals surface area contributed by atoms with Crippen LogP contribution in [-0.2, 0) is 6.42 Å². The lowest BCUT2D eigenvalue weighted by molar-refractivity contribution is 0.607. The number of alkyl halides is 1. The van der Waals surface area contributed by atoms with E-state index in [0.29, 0.717) is 16.5 Å². The van der Waals surface area contributed by atoms with Crippen LogP contribution in [0.1, 0.15) is 16.0 Å². The summed E-state index contributed by atoms with van der Waals surface area (Å²) in [7, 11) is 0. The van der Waals surface area contributed by atoms with E-state index in [1.807, 2.05) is 0 Å².